The van der Waals surface area contributed by atoms with Crippen LogP contribution in [0.4, 0.5) is 5.69 Å². The van der Waals surface area contributed by atoms with Crippen LogP contribution < -0.4 is 5.32 Å². The van der Waals surface area contributed by atoms with E-state index in [0.717, 1.165) is 12.1 Å². The van der Waals surface area contributed by atoms with Gasteiger partial charge in [0.2, 0.25) is 5.91 Å². The van der Waals surface area contributed by atoms with Crippen molar-refractivity contribution in [1.82, 2.24) is 4.90 Å². The summed E-state index contributed by atoms with van der Waals surface area (Å²) in [7, 11) is 0. The van der Waals surface area contributed by atoms with Crippen molar-refractivity contribution in [3.8, 4) is 0 Å². The summed E-state index contributed by atoms with van der Waals surface area (Å²) in [5.41, 5.74) is 0.856. The zero-order chi connectivity index (χ0) is 13.8. The molecule has 2 unspecified atom stereocenters. The van der Waals surface area contributed by atoms with Gasteiger partial charge in [0.05, 0.1) is 0 Å². The van der Waals surface area contributed by atoms with Gasteiger partial charge in [0.15, 0.2) is 0 Å². The van der Waals surface area contributed by atoms with Gasteiger partial charge in [-0.3, -0.25) is 4.79 Å². The summed E-state index contributed by atoms with van der Waals surface area (Å²) in [4.78, 5) is 24.8. The quantitative estimate of drug-likeness (QED) is 0.864. The Labute approximate surface area is 112 Å². The van der Waals surface area contributed by atoms with Crippen molar-refractivity contribution in [3.05, 3.63) is 30.3 Å². The van der Waals surface area contributed by atoms with Crippen LogP contribution in [0.1, 0.15) is 19.8 Å². The first-order chi connectivity index (χ1) is 9.09. The number of carbonyl (C=O) groups is 2. The van der Waals surface area contributed by atoms with Gasteiger partial charge in [0, 0.05) is 12.2 Å². The number of nitrogens with zero attached hydrogens (tertiary/aromatic N) is 1. The molecule has 1 amide bonds. The Kier molecular flexibility index (Phi) is 4.04. The molecule has 102 valence electrons. The number of hydrogen-bond acceptors (Lipinski definition) is 3. The highest BCUT2D eigenvalue weighted by molar-refractivity contribution is 5.89. The summed E-state index contributed by atoms with van der Waals surface area (Å²) in [6.07, 6.45) is 1.29. The Balaban J connectivity index is 2.01. The number of carboxylic acid groups (broad SMARTS) is 1. The lowest BCUT2D eigenvalue weighted by atomic mass is 10.2. The number of carboxylic acids is 1. The summed E-state index contributed by atoms with van der Waals surface area (Å²) >= 11 is 0. The van der Waals surface area contributed by atoms with Crippen molar-refractivity contribution in [1.29, 1.82) is 0 Å². The molecule has 1 saturated heterocycles. The van der Waals surface area contributed by atoms with Gasteiger partial charge in [-0.15, -0.1) is 0 Å². The number of carbonyl (C=O) groups excluding carboxylic acids is 1. The van der Waals surface area contributed by atoms with Crippen LogP contribution in [-0.4, -0.2) is 40.5 Å². The molecule has 1 aliphatic heterocycles. The third-order valence-corrected chi connectivity index (χ3v) is 3.35. The fourth-order valence-electron chi connectivity index (χ4n) is 2.38. The number of rotatable bonds is 4. The predicted octanol–water partition coefficient (Wildman–Crippen LogP) is 1.56. The van der Waals surface area contributed by atoms with Gasteiger partial charge >= 0.3 is 5.97 Å². The van der Waals surface area contributed by atoms with Gasteiger partial charge in [0.1, 0.15) is 12.1 Å². The number of aliphatic carboxylic acids is 1. The first-order valence-electron chi connectivity index (χ1n) is 6.44. The summed E-state index contributed by atoms with van der Waals surface area (Å²) in [6, 6.07) is 8.32. The molecule has 0 saturated carbocycles. The summed E-state index contributed by atoms with van der Waals surface area (Å²) < 4.78 is 0. The number of para-hydroxylation sites is 1. The Morgan fingerprint density at radius 1 is 1.37 bits per heavy atom. The van der Waals surface area contributed by atoms with E-state index in [0.29, 0.717) is 13.0 Å². The highest BCUT2D eigenvalue weighted by Crippen LogP contribution is 2.19. The Hall–Kier alpha value is -2.04. The maximum Gasteiger partial charge on any atom is 0.326 e. The van der Waals surface area contributed by atoms with E-state index in [2.05, 4.69) is 5.32 Å². The van der Waals surface area contributed by atoms with E-state index in [1.54, 1.807) is 6.92 Å². The second-order valence-electron chi connectivity index (χ2n) is 4.76. The first kappa shape index (κ1) is 13.4. The molecule has 2 atom stereocenters. The fraction of sp³-hybridized carbons (Fsp3) is 0.429. The van der Waals surface area contributed by atoms with Crippen LogP contribution in [-0.2, 0) is 9.59 Å². The maximum atomic E-state index is 12.3. The molecular formula is C14H18N2O3. The first-order valence-corrected chi connectivity index (χ1v) is 6.44. The van der Waals surface area contributed by atoms with Crippen molar-refractivity contribution in [2.75, 3.05) is 11.9 Å². The van der Waals surface area contributed by atoms with E-state index in [1.807, 2.05) is 30.3 Å². The van der Waals surface area contributed by atoms with Gasteiger partial charge in [-0.1, -0.05) is 18.2 Å². The molecule has 0 aliphatic carbocycles. The van der Waals surface area contributed by atoms with Gasteiger partial charge in [0.25, 0.3) is 0 Å². The highest BCUT2D eigenvalue weighted by Gasteiger charge is 2.35. The van der Waals surface area contributed by atoms with Crippen LogP contribution in [0.3, 0.4) is 0 Å². The second kappa shape index (κ2) is 5.73. The Morgan fingerprint density at radius 2 is 2.05 bits per heavy atom. The van der Waals surface area contributed by atoms with Crippen LogP contribution in [0.15, 0.2) is 30.3 Å². The smallest absolute Gasteiger partial charge is 0.326 e. The fourth-order valence-corrected chi connectivity index (χ4v) is 2.38. The van der Waals surface area contributed by atoms with E-state index in [4.69, 9.17) is 5.11 Å². The molecule has 19 heavy (non-hydrogen) atoms. The van der Waals surface area contributed by atoms with Crippen molar-refractivity contribution in [2.24, 2.45) is 0 Å². The van der Waals surface area contributed by atoms with Crippen molar-refractivity contribution < 1.29 is 14.7 Å². The monoisotopic (exact) mass is 262 g/mol. The normalized spacial score (nSPS) is 20.1. The topological polar surface area (TPSA) is 69.6 Å². The number of anilines is 1. The molecule has 2 N–H and O–H groups in total. The standard InChI is InChI=1S/C14H18N2O3/c1-10(15-11-6-3-2-4-7-11)13(17)16-9-5-8-12(16)14(18)19/h2-4,6-7,10,12,15H,5,8-9H2,1H3,(H,18,19). The SMILES string of the molecule is CC(Nc1ccccc1)C(=O)N1CCCC1C(=O)O. The van der Waals surface area contributed by atoms with Crippen LogP contribution >= 0.6 is 0 Å². The number of hydrogen-bond donors (Lipinski definition) is 2. The average Bonchev–Trinajstić information content (AvgIpc) is 2.88. The molecule has 5 nitrogen and oxygen atoms in total. The molecule has 1 aliphatic rings. The zero-order valence-electron chi connectivity index (χ0n) is 10.9. The number of amides is 1. The van der Waals surface area contributed by atoms with Crippen molar-refractivity contribution in [3.63, 3.8) is 0 Å². The minimum atomic E-state index is -0.919. The minimum Gasteiger partial charge on any atom is -0.480 e. The molecule has 1 heterocycles. The molecule has 1 aromatic carbocycles. The van der Waals surface area contributed by atoms with E-state index in [9.17, 15) is 9.59 Å². The van der Waals surface area contributed by atoms with Crippen LogP contribution in [0.25, 0.3) is 0 Å². The summed E-state index contributed by atoms with van der Waals surface area (Å²) in [5.74, 6) is -1.08. The lowest BCUT2D eigenvalue weighted by molar-refractivity contribution is -0.148. The molecule has 0 spiro atoms. The number of nitrogens with one attached hydrogen (secondary N) is 1. The lowest BCUT2D eigenvalue weighted by Crippen LogP contribution is -2.46. The highest BCUT2D eigenvalue weighted by atomic mass is 16.4. The predicted molar refractivity (Wildman–Crippen MR) is 71.9 cm³/mol. The van der Waals surface area contributed by atoms with Gasteiger partial charge < -0.3 is 15.3 Å². The molecule has 1 aromatic rings. The van der Waals surface area contributed by atoms with Gasteiger partial charge in [-0.2, -0.15) is 0 Å². The van der Waals surface area contributed by atoms with E-state index in [-0.39, 0.29) is 5.91 Å². The van der Waals surface area contributed by atoms with Crippen LogP contribution in [0, 0.1) is 0 Å². The summed E-state index contributed by atoms with van der Waals surface area (Å²) in [6.45, 7) is 2.28. The average molecular weight is 262 g/mol. The van der Waals surface area contributed by atoms with E-state index in [1.165, 1.54) is 4.90 Å². The zero-order valence-corrected chi connectivity index (χ0v) is 10.9. The Bertz CT molecular complexity index is 461. The number of benzene rings is 1. The maximum absolute atomic E-state index is 12.3. The van der Waals surface area contributed by atoms with Gasteiger partial charge in [-0.05, 0) is 31.9 Å². The molecule has 0 aromatic heterocycles. The van der Waals surface area contributed by atoms with E-state index >= 15 is 0 Å². The third kappa shape index (κ3) is 3.05. The molecule has 0 radical (unpaired) electrons. The van der Waals surface area contributed by atoms with Crippen LogP contribution in [0.2, 0.25) is 0 Å². The third-order valence-electron chi connectivity index (χ3n) is 3.35. The Morgan fingerprint density at radius 3 is 2.68 bits per heavy atom. The second-order valence-corrected chi connectivity index (χ2v) is 4.76. The molecule has 1 fully saturated rings. The molecule has 0 bridgehead atoms. The molecule has 5 heteroatoms. The van der Waals surface area contributed by atoms with Gasteiger partial charge in [-0.25, -0.2) is 4.79 Å². The van der Waals surface area contributed by atoms with Crippen molar-refractivity contribution >= 4 is 17.6 Å². The number of likely N-dealkylation sites (tertiary alicyclic amines) is 1. The lowest BCUT2D eigenvalue weighted by Gasteiger charge is -2.25. The largest absolute Gasteiger partial charge is 0.480 e. The minimum absolute atomic E-state index is 0.159. The van der Waals surface area contributed by atoms with E-state index < -0.39 is 18.1 Å². The molecular weight excluding hydrogens is 244 g/mol. The summed E-state index contributed by atoms with van der Waals surface area (Å²) in [5, 5.41) is 12.2. The van der Waals surface area contributed by atoms with Crippen LogP contribution in [0.5, 0.6) is 0 Å². The van der Waals surface area contributed by atoms with Crippen molar-refractivity contribution in [2.45, 2.75) is 31.8 Å². The molecule has 2 rings (SSSR count).